The first-order valence-corrected chi connectivity index (χ1v) is 6.90. The zero-order chi connectivity index (χ0) is 14.8. The van der Waals surface area contributed by atoms with E-state index in [9.17, 15) is 0 Å². The summed E-state index contributed by atoms with van der Waals surface area (Å²) in [5.41, 5.74) is 3.82. The quantitative estimate of drug-likeness (QED) is 0.606. The van der Waals surface area contributed by atoms with Crippen molar-refractivity contribution in [2.75, 3.05) is 0 Å². The molecule has 0 aliphatic carbocycles. The maximum atomic E-state index is 5.86. The van der Waals surface area contributed by atoms with Crippen LogP contribution >= 0.6 is 0 Å². The molecule has 0 saturated heterocycles. The standard InChI is InChI=1S/C16H13N5O/c1-2-13-15(9-11(1)14-4-8-19-21-14)17-6-5-16(13)22-10-12-3-7-18-20-12/h1-9H,10H2,(H,18,20)(H,19,21). The van der Waals surface area contributed by atoms with E-state index in [0.717, 1.165) is 33.6 Å². The van der Waals surface area contributed by atoms with Gasteiger partial charge in [-0.3, -0.25) is 15.2 Å². The number of nitrogens with one attached hydrogen (secondary N) is 2. The van der Waals surface area contributed by atoms with E-state index < -0.39 is 0 Å². The zero-order valence-corrected chi connectivity index (χ0v) is 11.7. The Morgan fingerprint density at radius 2 is 1.82 bits per heavy atom. The van der Waals surface area contributed by atoms with E-state index in [2.05, 4.69) is 25.4 Å². The van der Waals surface area contributed by atoms with Crippen molar-refractivity contribution in [3.8, 4) is 17.0 Å². The summed E-state index contributed by atoms with van der Waals surface area (Å²) in [7, 11) is 0. The van der Waals surface area contributed by atoms with E-state index >= 15 is 0 Å². The van der Waals surface area contributed by atoms with Crippen LogP contribution in [0.15, 0.2) is 55.0 Å². The molecule has 3 heterocycles. The molecule has 0 saturated carbocycles. The highest BCUT2D eigenvalue weighted by Gasteiger charge is 2.07. The van der Waals surface area contributed by atoms with E-state index in [0.29, 0.717) is 6.61 Å². The number of aromatic nitrogens is 5. The van der Waals surface area contributed by atoms with Crippen molar-refractivity contribution in [1.82, 2.24) is 25.4 Å². The van der Waals surface area contributed by atoms with Gasteiger partial charge in [0.25, 0.3) is 0 Å². The molecule has 6 nitrogen and oxygen atoms in total. The molecule has 3 aromatic heterocycles. The Balaban J connectivity index is 1.68. The Bertz CT molecular complexity index is 884. The number of ether oxygens (including phenoxy) is 1. The van der Waals surface area contributed by atoms with Crippen LogP contribution in [0.5, 0.6) is 5.75 Å². The first-order valence-electron chi connectivity index (χ1n) is 6.90. The average molecular weight is 291 g/mol. The fraction of sp³-hybridized carbons (Fsp3) is 0.0625. The number of fused-ring (bicyclic) bond motifs is 1. The van der Waals surface area contributed by atoms with Crippen LogP contribution in [0.1, 0.15) is 5.69 Å². The van der Waals surface area contributed by atoms with Gasteiger partial charge in [-0.15, -0.1) is 0 Å². The van der Waals surface area contributed by atoms with Crippen LogP contribution in [-0.4, -0.2) is 25.4 Å². The Hall–Kier alpha value is -3.15. The van der Waals surface area contributed by atoms with Crippen molar-refractivity contribution in [2.24, 2.45) is 0 Å². The van der Waals surface area contributed by atoms with Gasteiger partial charge in [0.15, 0.2) is 0 Å². The van der Waals surface area contributed by atoms with E-state index in [4.69, 9.17) is 4.74 Å². The molecule has 0 spiro atoms. The molecular formula is C16H13N5O. The molecule has 22 heavy (non-hydrogen) atoms. The Labute approximate surface area is 126 Å². The van der Waals surface area contributed by atoms with Gasteiger partial charge in [-0.05, 0) is 30.3 Å². The Kier molecular flexibility index (Phi) is 3.05. The van der Waals surface area contributed by atoms with Crippen molar-refractivity contribution < 1.29 is 4.74 Å². The molecule has 0 bridgehead atoms. The number of hydrogen-bond donors (Lipinski definition) is 2. The summed E-state index contributed by atoms with van der Waals surface area (Å²) in [6, 6.07) is 11.8. The summed E-state index contributed by atoms with van der Waals surface area (Å²) < 4.78 is 5.86. The number of nitrogens with zero attached hydrogens (tertiary/aromatic N) is 3. The van der Waals surface area contributed by atoms with Crippen LogP contribution in [0.2, 0.25) is 0 Å². The first-order chi connectivity index (χ1) is 10.9. The normalized spacial score (nSPS) is 10.9. The van der Waals surface area contributed by atoms with Crippen molar-refractivity contribution in [1.29, 1.82) is 0 Å². The van der Waals surface area contributed by atoms with Crippen molar-refractivity contribution in [2.45, 2.75) is 6.61 Å². The van der Waals surface area contributed by atoms with Crippen molar-refractivity contribution in [3.05, 3.63) is 60.7 Å². The topological polar surface area (TPSA) is 79.5 Å². The lowest BCUT2D eigenvalue weighted by Crippen LogP contribution is -1.97. The largest absolute Gasteiger partial charge is 0.487 e. The third kappa shape index (κ3) is 2.31. The minimum absolute atomic E-state index is 0.446. The maximum Gasteiger partial charge on any atom is 0.130 e. The summed E-state index contributed by atoms with van der Waals surface area (Å²) >= 11 is 0. The molecule has 4 aromatic rings. The number of hydrogen-bond acceptors (Lipinski definition) is 4. The van der Waals surface area contributed by atoms with Gasteiger partial charge in [0.2, 0.25) is 0 Å². The fourth-order valence-corrected chi connectivity index (χ4v) is 2.35. The van der Waals surface area contributed by atoms with Gasteiger partial charge in [0, 0.05) is 29.5 Å². The lowest BCUT2D eigenvalue weighted by atomic mass is 10.1. The second-order valence-corrected chi connectivity index (χ2v) is 4.88. The number of pyridine rings is 1. The molecule has 4 rings (SSSR count). The maximum absolute atomic E-state index is 5.86. The van der Waals surface area contributed by atoms with Crippen LogP contribution in [-0.2, 0) is 6.61 Å². The predicted octanol–water partition coefficient (Wildman–Crippen LogP) is 2.93. The van der Waals surface area contributed by atoms with Gasteiger partial charge in [0.1, 0.15) is 12.4 Å². The van der Waals surface area contributed by atoms with Gasteiger partial charge in [-0.25, -0.2) is 0 Å². The highest BCUT2D eigenvalue weighted by atomic mass is 16.5. The Morgan fingerprint density at radius 1 is 0.909 bits per heavy atom. The molecule has 0 atom stereocenters. The van der Waals surface area contributed by atoms with E-state index in [-0.39, 0.29) is 0 Å². The molecule has 0 aliphatic heterocycles. The third-order valence-electron chi connectivity index (χ3n) is 3.46. The highest BCUT2D eigenvalue weighted by molar-refractivity contribution is 5.88. The minimum atomic E-state index is 0.446. The number of benzene rings is 1. The average Bonchev–Trinajstić information content (AvgIpc) is 3.25. The molecule has 0 unspecified atom stereocenters. The Morgan fingerprint density at radius 3 is 2.64 bits per heavy atom. The van der Waals surface area contributed by atoms with Crippen molar-refractivity contribution in [3.63, 3.8) is 0 Å². The van der Waals surface area contributed by atoms with Crippen LogP contribution < -0.4 is 4.74 Å². The van der Waals surface area contributed by atoms with Gasteiger partial charge in [-0.2, -0.15) is 10.2 Å². The van der Waals surface area contributed by atoms with Gasteiger partial charge in [-0.1, -0.05) is 6.07 Å². The lowest BCUT2D eigenvalue weighted by molar-refractivity contribution is 0.304. The highest BCUT2D eigenvalue weighted by Crippen LogP contribution is 2.28. The van der Waals surface area contributed by atoms with Gasteiger partial charge < -0.3 is 4.74 Å². The second-order valence-electron chi connectivity index (χ2n) is 4.88. The second kappa shape index (κ2) is 5.33. The van der Waals surface area contributed by atoms with Crippen LogP contribution in [0.3, 0.4) is 0 Å². The number of aromatic amines is 2. The van der Waals surface area contributed by atoms with Crippen LogP contribution in [0.4, 0.5) is 0 Å². The molecule has 0 amide bonds. The monoisotopic (exact) mass is 291 g/mol. The predicted molar refractivity (Wildman–Crippen MR) is 82.2 cm³/mol. The molecule has 108 valence electrons. The van der Waals surface area contributed by atoms with Crippen molar-refractivity contribution >= 4 is 10.9 Å². The molecule has 6 heteroatoms. The smallest absolute Gasteiger partial charge is 0.130 e. The van der Waals surface area contributed by atoms with Gasteiger partial charge >= 0.3 is 0 Å². The molecule has 0 radical (unpaired) electrons. The summed E-state index contributed by atoms with van der Waals surface area (Å²) in [6.07, 6.45) is 5.19. The molecule has 2 N–H and O–H groups in total. The molecular weight excluding hydrogens is 278 g/mol. The molecule has 0 aliphatic rings. The fourth-order valence-electron chi connectivity index (χ4n) is 2.35. The van der Waals surface area contributed by atoms with Crippen LogP contribution in [0, 0.1) is 0 Å². The summed E-state index contributed by atoms with van der Waals surface area (Å²) in [4.78, 5) is 4.42. The number of rotatable bonds is 4. The van der Waals surface area contributed by atoms with E-state index in [1.54, 1.807) is 18.6 Å². The number of H-pyrrole nitrogens is 2. The van der Waals surface area contributed by atoms with Gasteiger partial charge in [0.05, 0.1) is 16.9 Å². The summed E-state index contributed by atoms with van der Waals surface area (Å²) in [6.45, 7) is 0.446. The lowest BCUT2D eigenvalue weighted by Gasteiger charge is -2.08. The molecule has 1 aromatic carbocycles. The van der Waals surface area contributed by atoms with E-state index in [1.165, 1.54) is 0 Å². The third-order valence-corrected chi connectivity index (χ3v) is 3.46. The first kappa shape index (κ1) is 12.6. The molecule has 0 fully saturated rings. The minimum Gasteiger partial charge on any atom is -0.487 e. The zero-order valence-electron chi connectivity index (χ0n) is 11.7. The summed E-state index contributed by atoms with van der Waals surface area (Å²) in [5, 5.41) is 14.7. The summed E-state index contributed by atoms with van der Waals surface area (Å²) in [5.74, 6) is 0.802. The van der Waals surface area contributed by atoms with Crippen LogP contribution in [0.25, 0.3) is 22.2 Å². The SMILES string of the molecule is c1cc(COc2ccnc3cc(-c4ccn[nH]4)ccc23)[nH]n1. The van der Waals surface area contributed by atoms with E-state index in [1.807, 2.05) is 36.4 Å².